The largest absolute Gasteiger partial charge is 0.391 e. The molecule has 0 bridgehead atoms. The number of piperidine rings is 1. The normalized spacial score (nSPS) is 19.2. The molecule has 0 saturated carbocycles. The van der Waals surface area contributed by atoms with Gasteiger partial charge < -0.3 is 10.6 Å². The summed E-state index contributed by atoms with van der Waals surface area (Å²) in [6.45, 7) is 2.14. The second kappa shape index (κ2) is 5.60. The van der Waals surface area contributed by atoms with Gasteiger partial charge in [-0.15, -0.1) is 0 Å². The van der Waals surface area contributed by atoms with Gasteiger partial charge in [-0.05, 0) is 31.4 Å². The highest BCUT2D eigenvalue weighted by atomic mass is 19.4. The number of anilines is 1. The molecule has 0 radical (unpaired) electrons. The number of alkyl halides is 3. The first kappa shape index (κ1) is 15.1. The van der Waals surface area contributed by atoms with Gasteiger partial charge >= 0.3 is 6.18 Å². The van der Waals surface area contributed by atoms with Crippen LogP contribution in [0.25, 0.3) is 0 Å². The van der Waals surface area contributed by atoms with Crippen LogP contribution < -0.4 is 10.6 Å². The van der Waals surface area contributed by atoms with E-state index in [0.29, 0.717) is 11.3 Å². The SMILES string of the molecule is CC(N)c1cccc(F)c1N1CCC(C(F)(F)F)CC1. The van der Waals surface area contributed by atoms with Crippen LogP contribution in [-0.4, -0.2) is 19.3 Å². The van der Waals surface area contributed by atoms with Crippen LogP contribution in [0.3, 0.4) is 0 Å². The van der Waals surface area contributed by atoms with Crippen LogP contribution in [0.15, 0.2) is 18.2 Å². The lowest BCUT2D eigenvalue weighted by atomic mass is 9.94. The van der Waals surface area contributed by atoms with E-state index in [9.17, 15) is 17.6 Å². The molecule has 20 heavy (non-hydrogen) atoms. The molecular formula is C14H18F4N2. The van der Waals surface area contributed by atoms with E-state index >= 15 is 0 Å². The molecule has 1 saturated heterocycles. The summed E-state index contributed by atoms with van der Waals surface area (Å²) < 4.78 is 51.9. The van der Waals surface area contributed by atoms with Gasteiger partial charge in [-0.3, -0.25) is 0 Å². The van der Waals surface area contributed by atoms with Crippen LogP contribution in [0.5, 0.6) is 0 Å². The van der Waals surface area contributed by atoms with E-state index in [4.69, 9.17) is 5.73 Å². The standard InChI is InChI=1S/C14H18F4N2/c1-9(19)11-3-2-4-12(15)13(11)20-7-5-10(6-8-20)14(16,17)18/h2-4,9-10H,5-8,19H2,1H3. The number of nitrogens with two attached hydrogens (primary N) is 1. The molecule has 1 unspecified atom stereocenters. The second-order valence-electron chi connectivity index (χ2n) is 5.27. The Morgan fingerprint density at radius 1 is 1.25 bits per heavy atom. The van der Waals surface area contributed by atoms with E-state index < -0.39 is 17.9 Å². The summed E-state index contributed by atoms with van der Waals surface area (Å²) in [6, 6.07) is 4.25. The Bertz CT molecular complexity index is 463. The van der Waals surface area contributed by atoms with Crippen LogP contribution >= 0.6 is 0 Å². The lowest BCUT2D eigenvalue weighted by Crippen LogP contribution is -2.40. The highest BCUT2D eigenvalue weighted by Gasteiger charge is 2.41. The van der Waals surface area contributed by atoms with Gasteiger partial charge in [0.25, 0.3) is 0 Å². The van der Waals surface area contributed by atoms with Crippen LogP contribution in [0.1, 0.15) is 31.4 Å². The fraction of sp³-hybridized carbons (Fsp3) is 0.571. The van der Waals surface area contributed by atoms with E-state index in [1.54, 1.807) is 24.0 Å². The maximum atomic E-state index is 14.0. The van der Waals surface area contributed by atoms with E-state index in [2.05, 4.69) is 0 Å². The zero-order valence-corrected chi connectivity index (χ0v) is 11.3. The fourth-order valence-corrected chi connectivity index (χ4v) is 2.66. The molecular weight excluding hydrogens is 272 g/mol. The molecule has 0 aliphatic carbocycles. The van der Waals surface area contributed by atoms with E-state index in [-0.39, 0.29) is 32.0 Å². The Morgan fingerprint density at radius 2 is 1.85 bits per heavy atom. The van der Waals surface area contributed by atoms with Crippen molar-refractivity contribution < 1.29 is 17.6 Å². The number of rotatable bonds is 2. The van der Waals surface area contributed by atoms with Crippen molar-refractivity contribution in [3.05, 3.63) is 29.6 Å². The first-order valence-electron chi connectivity index (χ1n) is 6.66. The first-order valence-corrected chi connectivity index (χ1v) is 6.66. The van der Waals surface area contributed by atoms with Gasteiger partial charge in [0.1, 0.15) is 5.82 Å². The van der Waals surface area contributed by atoms with Crippen molar-refractivity contribution >= 4 is 5.69 Å². The topological polar surface area (TPSA) is 29.3 Å². The summed E-state index contributed by atoms with van der Waals surface area (Å²) in [5, 5.41) is 0. The molecule has 0 spiro atoms. The average Bonchev–Trinajstić information content (AvgIpc) is 2.37. The molecule has 1 heterocycles. The van der Waals surface area contributed by atoms with Crippen molar-refractivity contribution in [2.45, 2.75) is 32.0 Å². The van der Waals surface area contributed by atoms with Gasteiger partial charge in [-0.1, -0.05) is 12.1 Å². The smallest absolute Gasteiger partial charge is 0.369 e. The first-order chi connectivity index (χ1) is 9.30. The molecule has 0 amide bonds. The van der Waals surface area contributed by atoms with E-state index in [1.807, 2.05) is 0 Å². The van der Waals surface area contributed by atoms with Gasteiger partial charge in [0.05, 0.1) is 11.6 Å². The quantitative estimate of drug-likeness (QED) is 0.843. The lowest BCUT2D eigenvalue weighted by Gasteiger charge is -2.36. The van der Waals surface area contributed by atoms with Crippen molar-refractivity contribution in [1.29, 1.82) is 0 Å². The molecule has 1 fully saturated rings. The fourth-order valence-electron chi connectivity index (χ4n) is 2.66. The van der Waals surface area contributed by atoms with Gasteiger partial charge in [-0.25, -0.2) is 4.39 Å². The molecule has 0 aromatic heterocycles. The maximum absolute atomic E-state index is 14.0. The molecule has 2 nitrogen and oxygen atoms in total. The third-order valence-electron chi connectivity index (χ3n) is 3.78. The number of hydrogen-bond acceptors (Lipinski definition) is 2. The zero-order valence-electron chi connectivity index (χ0n) is 11.3. The van der Waals surface area contributed by atoms with E-state index in [1.165, 1.54) is 6.07 Å². The molecule has 1 aromatic carbocycles. The molecule has 6 heteroatoms. The van der Waals surface area contributed by atoms with Crippen LogP contribution in [-0.2, 0) is 0 Å². The van der Waals surface area contributed by atoms with Crippen LogP contribution in [0, 0.1) is 11.7 Å². The molecule has 1 aliphatic rings. The summed E-state index contributed by atoms with van der Waals surface area (Å²) in [5.74, 6) is -1.71. The van der Waals surface area contributed by atoms with Crippen LogP contribution in [0.4, 0.5) is 23.2 Å². The Hall–Kier alpha value is -1.30. The molecule has 1 atom stereocenters. The Kier molecular flexibility index (Phi) is 4.22. The Balaban J connectivity index is 2.19. The number of benzene rings is 1. The van der Waals surface area contributed by atoms with Crippen molar-refractivity contribution in [1.82, 2.24) is 0 Å². The number of para-hydroxylation sites is 1. The number of halogens is 4. The predicted molar refractivity (Wildman–Crippen MR) is 70.0 cm³/mol. The third-order valence-corrected chi connectivity index (χ3v) is 3.78. The summed E-state index contributed by atoms with van der Waals surface area (Å²) in [6.07, 6.45) is -4.17. The minimum Gasteiger partial charge on any atom is -0.369 e. The highest BCUT2D eigenvalue weighted by Crippen LogP contribution is 2.37. The summed E-state index contributed by atoms with van der Waals surface area (Å²) in [7, 11) is 0. The Labute approximate surface area is 115 Å². The van der Waals surface area contributed by atoms with Gasteiger partial charge in [0.2, 0.25) is 0 Å². The lowest BCUT2D eigenvalue weighted by molar-refractivity contribution is -0.179. The summed E-state index contributed by atoms with van der Waals surface area (Å²) in [4.78, 5) is 1.68. The van der Waals surface area contributed by atoms with Crippen molar-refractivity contribution in [2.75, 3.05) is 18.0 Å². The third kappa shape index (κ3) is 3.06. The van der Waals surface area contributed by atoms with Gasteiger partial charge in [-0.2, -0.15) is 13.2 Å². The number of hydrogen-bond donors (Lipinski definition) is 1. The van der Waals surface area contributed by atoms with E-state index in [0.717, 1.165) is 0 Å². The second-order valence-corrected chi connectivity index (χ2v) is 5.27. The minimum absolute atomic E-state index is 0.00374. The molecule has 1 aromatic rings. The number of nitrogens with zero attached hydrogens (tertiary/aromatic N) is 1. The molecule has 112 valence electrons. The highest BCUT2D eigenvalue weighted by molar-refractivity contribution is 5.56. The minimum atomic E-state index is -4.16. The van der Waals surface area contributed by atoms with Crippen molar-refractivity contribution in [2.24, 2.45) is 11.7 Å². The average molecular weight is 290 g/mol. The van der Waals surface area contributed by atoms with Crippen LogP contribution in [0.2, 0.25) is 0 Å². The molecule has 2 rings (SSSR count). The predicted octanol–water partition coefficient (Wildman–Crippen LogP) is 3.62. The monoisotopic (exact) mass is 290 g/mol. The van der Waals surface area contributed by atoms with Crippen molar-refractivity contribution in [3.8, 4) is 0 Å². The Morgan fingerprint density at radius 3 is 2.35 bits per heavy atom. The summed E-state index contributed by atoms with van der Waals surface area (Å²) in [5.41, 5.74) is 6.80. The van der Waals surface area contributed by atoms with Crippen molar-refractivity contribution in [3.63, 3.8) is 0 Å². The van der Waals surface area contributed by atoms with Gasteiger partial charge in [0.15, 0.2) is 0 Å². The maximum Gasteiger partial charge on any atom is 0.391 e. The molecule has 1 aliphatic heterocycles. The molecule has 2 N–H and O–H groups in total. The zero-order chi connectivity index (χ0) is 14.9. The summed E-state index contributed by atoms with van der Waals surface area (Å²) >= 11 is 0. The van der Waals surface area contributed by atoms with Gasteiger partial charge in [0, 0.05) is 19.1 Å².